The van der Waals surface area contributed by atoms with Gasteiger partial charge in [0, 0.05) is 41.4 Å². The van der Waals surface area contributed by atoms with Crippen molar-refractivity contribution in [3.8, 4) is 0 Å². The normalized spacial score (nSPS) is 10.9. The molecule has 4 aromatic rings. The highest BCUT2D eigenvalue weighted by molar-refractivity contribution is 6.11. The number of nitrogens with one attached hydrogen (secondary N) is 1. The van der Waals surface area contributed by atoms with E-state index in [4.69, 9.17) is 0 Å². The van der Waals surface area contributed by atoms with Gasteiger partial charge in [0.2, 0.25) is 5.91 Å². The number of anilines is 2. The molecule has 4 aromatic carbocycles. The second kappa shape index (κ2) is 10.4. The third kappa shape index (κ3) is 5.42. The van der Waals surface area contributed by atoms with Crippen LogP contribution in [0.5, 0.6) is 0 Å². The van der Waals surface area contributed by atoms with Crippen LogP contribution in [0.25, 0.3) is 16.8 Å². The van der Waals surface area contributed by atoms with Crippen LogP contribution in [0.2, 0.25) is 0 Å². The van der Waals surface area contributed by atoms with Crippen LogP contribution in [0, 0.1) is 10.1 Å². The first-order valence-electron chi connectivity index (χ1n) is 11.1. The van der Waals surface area contributed by atoms with Crippen molar-refractivity contribution in [2.45, 2.75) is 6.92 Å². The topological polar surface area (TPSA) is 92.6 Å². The lowest BCUT2D eigenvalue weighted by Gasteiger charge is -2.23. The van der Waals surface area contributed by atoms with Crippen LogP contribution in [-0.2, 0) is 4.79 Å². The van der Waals surface area contributed by atoms with Crippen molar-refractivity contribution >= 4 is 45.7 Å². The van der Waals surface area contributed by atoms with Gasteiger partial charge in [-0.3, -0.25) is 19.7 Å². The zero-order chi connectivity index (χ0) is 24.8. The predicted molar refractivity (Wildman–Crippen MR) is 139 cm³/mol. The van der Waals surface area contributed by atoms with Gasteiger partial charge in [0.15, 0.2) is 0 Å². The molecule has 0 spiro atoms. The van der Waals surface area contributed by atoms with Gasteiger partial charge in [-0.05, 0) is 66.4 Å². The molecule has 7 heteroatoms. The Morgan fingerprint density at radius 3 is 2.29 bits per heavy atom. The number of nitrogens with zero attached hydrogens (tertiary/aromatic N) is 2. The van der Waals surface area contributed by atoms with Crippen LogP contribution < -0.4 is 10.2 Å². The molecule has 0 saturated heterocycles. The molecule has 4 rings (SSSR count). The SMILES string of the molecule is CCN(C(=O)c1ccc(NC(=O)/C=C/c2ccc([N+](=O)[O-])cc2)cc1)c1cccc2ccccc12. The average Bonchev–Trinajstić information content (AvgIpc) is 2.88. The molecule has 0 saturated carbocycles. The number of nitro benzene ring substituents is 1. The lowest BCUT2D eigenvalue weighted by molar-refractivity contribution is -0.384. The Bertz CT molecular complexity index is 1410. The van der Waals surface area contributed by atoms with E-state index in [0.29, 0.717) is 23.4 Å². The highest BCUT2D eigenvalue weighted by Crippen LogP contribution is 2.28. The van der Waals surface area contributed by atoms with Gasteiger partial charge in [-0.2, -0.15) is 0 Å². The number of amides is 2. The summed E-state index contributed by atoms with van der Waals surface area (Å²) in [6.07, 6.45) is 2.92. The smallest absolute Gasteiger partial charge is 0.269 e. The van der Waals surface area contributed by atoms with E-state index >= 15 is 0 Å². The van der Waals surface area contributed by atoms with Crippen LogP contribution in [0.15, 0.2) is 97.1 Å². The summed E-state index contributed by atoms with van der Waals surface area (Å²) >= 11 is 0. The monoisotopic (exact) mass is 465 g/mol. The third-order valence-corrected chi connectivity index (χ3v) is 5.55. The number of carbonyl (C=O) groups is 2. The fourth-order valence-corrected chi connectivity index (χ4v) is 3.78. The molecule has 0 aliphatic heterocycles. The summed E-state index contributed by atoms with van der Waals surface area (Å²) in [5.41, 5.74) is 2.57. The summed E-state index contributed by atoms with van der Waals surface area (Å²) in [5, 5.41) is 15.5. The second-order valence-electron chi connectivity index (χ2n) is 7.80. The standard InChI is InChI=1S/C28H23N3O4/c1-2-30(26-9-5-7-21-6-3-4-8-25(21)26)28(33)22-13-15-23(16-14-22)29-27(32)19-12-20-10-17-24(18-11-20)31(34)35/h3-19H,2H2,1H3,(H,29,32)/b19-12+. The maximum Gasteiger partial charge on any atom is 0.269 e. The number of hydrogen-bond donors (Lipinski definition) is 1. The molecule has 7 nitrogen and oxygen atoms in total. The van der Waals surface area contributed by atoms with Crippen molar-refractivity contribution in [1.29, 1.82) is 0 Å². The highest BCUT2D eigenvalue weighted by atomic mass is 16.6. The van der Waals surface area contributed by atoms with E-state index in [0.717, 1.165) is 16.5 Å². The molecule has 0 aliphatic carbocycles. The molecule has 0 fully saturated rings. The second-order valence-corrected chi connectivity index (χ2v) is 7.80. The van der Waals surface area contributed by atoms with Crippen LogP contribution in [0.4, 0.5) is 17.1 Å². The molecule has 0 heterocycles. The molecule has 0 atom stereocenters. The Balaban J connectivity index is 1.44. The first kappa shape index (κ1) is 23.4. The van der Waals surface area contributed by atoms with Gasteiger partial charge in [0.25, 0.3) is 11.6 Å². The molecular weight excluding hydrogens is 442 g/mol. The first-order valence-corrected chi connectivity index (χ1v) is 11.1. The van der Waals surface area contributed by atoms with Gasteiger partial charge in [-0.1, -0.05) is 36.4 Å². The molecule has 0 radical (unpaired) electrons. The maximum atomic E-state index is 13.3. The average molecular weight is 466 g/mol. The van der Waals surface area contributed by atoms with Crippen molar-refractivity contribution in [3.05, 3.63) is 118 Å². The van der Waals surface area contributed by atoms with Gasteiger partial charge < -0.3 is 10.2 Å². The van der Waals surface area contributed by atoms with Crippen molar-refractivity contribution in [2.24, 2.45) is 0 Å². The fourth-order valence-electron chi connectivity index (χ4n) is 3.78. The fraction of sp³-hybridized carbons (Fsp3) is 0.0714. The Morgan fingerprint density at radius 2 is 1.60 bits per heavy atom. The number of carbonyl (C=O) groups excluding carboxylic acids is 2. The number of benzene rings is 4. The van der Waals surface area contributed by atoms with E-state index in [1.807, 2.05) is 49.4 Å². The summed E-state index contributed by atoms with van der Waals surface area (Å²) in [6.45, 7) is 2.45. The molecular formula is C28H23N3O4. The summed E-state index contributed by atoms with van der Waals surface area (Å²) in [7, 11) is 0. The number of fused-ring (bicyclic) bond motifs is 1. The van der Waals surface area contributed by atoms with Gasteiger partial charge in [-0.25, -0.2) is 0 Å². The number of nitro groups is 1. The Kier molecular flexibility index (Phi) is 6.97. The van der Waals surface area contributed by atoms with E-state index in [9.17, 15) is 19.7 Å². The lowest BCUT2D eigenvalue weighted by Crippen LogP contribution is -2.30. The van der Waals surface area contributed by atoms with E-state index in [1.54, 1.807) is 47.4 Å². The summed E-state index contributed by atoms with van der Waals surface area (Å²) < 4.78 is 0. The zero-order valence-corrected chi connectivity index (χ0v) is 19.0. The van der Waals surface area contributed by atoms with E-state index < -0.39 is 4.92 Å². The van der Waals surface area contributed by atoms with E-state index in [-0.39, 0.29) is 17.5 Å². The van der Waals surface area contributed by atoms with Crippen molar-refractivity contribution in [3.63, 3.8) is 0 Å². The first-order chi connectivity index (χ1) is 17.0. The molecule has 0 aliphatic rings. The number of non-ortho nitro benzene ring substituents is 1. The zero-order valence-electron chi connectivity index (χ0n) is 19.0. The van der Waals surface area contributed by atoms with Crippen LogP contribution in [0.3, 0.4) is 0 Å². The van der Waals surface area contributed by atoms with E-state index in [1.165, 1.54) is 18.2 Å². The Morgan fingerprint density at radius 1 is 0.914 bits per heavy atom. The quantitative estimate of drug-likeness (QED) is 0.204. The molecule has 0 bridgehead atoms. The van der Waals surface area contributed by atoms with Crippen molar-refractivity contribution < 1.29 is 14.5 Å². The molecule has 0 unspecified atom stereocenters. The number of hydrogen-bond acceptors (Lipinski definition) is 4. The largest absolute Gasteiger partial charge is 0.323 e. The maximum absolute atomic E-state index is 13.3. The Labute approximate surface area is 202 Å². The highest BCUT2D eigenvalue weighted by Gasteiger charge is 2.18. The molecule has 35 heavy (non-hydrogen) atoms. The van der Waals surface area contributed by atoms with Gasteiger partial charge >= 0.3 is 0 Å². The van der Waals surface area contributed by atoms with Gasteiger partial charge in [-0.15, -0.1) is 0 Å². The van der Waals surface area contributed by atoms with E-state index in [2.05, 4.69) is 5.32 Å². The minimum Gasteiger partial charge on any atom is -0.323 e. The third-order valence-electron chi connectivity index (χ3n) is 5.55. The van der Waals surface area contributed by atoms with Crippen LogP contribution >= 0.6 is 0 Å². The number of rotatable bonds is 7. The summed E-state index contributed by atoms with van der Waals surface area (Å²) in [4.78, 5) is 37.5. The van der Waals surface area contributed by atoms with Gasteiger partial charge in [0.1, 0.15) is 0 Å². The van der Waals surface area contributed by atoms with Crippen molar-refractivity contribution in [1.82, 2.24) is 0 Å². The summed E-state index contributed by atoms with van der Waals surface area (Å²) in [6, 6.07) is 26.5. The molecule has 2 amide bonds. The van der Waals surface area contributed by atoms with Crippen molar-refractivity contribution in [2.75, 3.05) is 16.8 Å². The van der Waals surface area contributed by atoms with Gasteiger partial charge in [0.05, 0.1) is 10.6 Å². The molecule has 174 valence electrons. The molecule has 1 N–H and O–H groups in total. The lowest BCUT2D eigenvalue weighted by atomic mass is 10.1. The minimum absolute atomic E-state index is 0.0108. The predicted octanol–water partition coefficient (Wildman–Crippen LogP) is 6.07. The summed E-state index contributed by atoms with van der Waals surface area (Å²) in [5.74, 6) is -0.479. The minimum atomic E-state index is -0.476. The molecule has 0 aromatic heterocycles. The van der Waals surface area contributed by atoms with Crippen LogP contribution in [0.1, 0.15) is 22.8 Å². The van der Waals surface area contributed by atoms with Crippen LogP contribution in [-0.4, -0.2) is 23.3 Å². The Hall–Kier alpha value is -4.78.